The first-order valence-electron chi connectivity index (χ1n) is 3.11. The summed E-state index contributed by atoms with van der Waals surface area (Å²) in [5, 5.41) is 0. The van der Waals surface area contributed by atoms with Crippen LogP contribution < -0.4 is 4.89 Å². The summed E-state index contributed by atoms with van der Waals surface area (Å²) in [4.78, 5) is 24.3. The van der Waals surface area contributed by atoms with Gasteiger partial charge in [-0.25, -0.2) is 18.0 Å². The van der Waals surface area contributed by atoms with Crippen LogP contribution in [0, 0.1) is 0 Å². The Kier molecular flexibility index (Phi) is 8.30. The second kappa shape index (κ2) is 7.82. The van der Waals surface area contributed by atoms with Crippen LogP contribution in [0.15, 0.2) is 8.80 Å². The molecule has 0 atom stereocenters. The summed E-state index contributed by atoms with van der Waals surface area (Å²) in [5.41, 5.74) is 0. The predicted octanol–water partition coefficient (Wildman–Crippen LogP) is -2.00. The molecule has 0 spiro atoms. The van der Waals surface area contributed by atoms with E-state index in [0.717, 1.165) is 6.26 Å². The van der Waals surface area contributed by atoms with Gasteiger partial charge in [-0.15, -0.1) is 0 Å². The predicted molar refractivity (Wildman–Crippen MR) is 50.2 cm³/mol. The topological polar surface area (TPSA) is 148 Å². The maximum absolute atomic E-state index is 10.00. The summed E-state index contributed by atoms with van der Waals surface area (Å²) in [6, 6.07) is 0. The Bertz CT molecular complexity index is 470. The average molecular weight is 273 g/mol. The molecule has 0 rings (SSSR count). The molecule has 10 nitrogen and oxygen atoms in total. The Morgan fingerprint density at radius 1 is 1.06 bits per heavy atom. The quantitative estimate of drug-likeness (QED) is 0.353. The van der Waals surface area contributed by atoms with Gasteiger partial charge in [0.2, 0.25) is 10.0 Å². The fourth-order valence-electron chi connectivity index (χ4n) is 0.266. The smallest absolute Gasteiger partial charge is 0.290 e. The Hall–Kier alpha value is -1.42. The maximum atomic E-state index is 10.00. The normalized spacial score (nSPS) is 10.1. The number of hydrogen-bond donors (Lipinski definition) is 1. The van der Waals surface area contributed by atoms with Gasteiger partial charge in [-0.1, -0.05) is 13.7 Å². The second-order valence-corrected chi connectivity index (χ2v) is 4.84. The summed E-state index contributed by atoms with van der Waals surface area (Å²) in [7, 11) is -6.19. The Balaban J connectivity index is 0. The van der Waals surface area contributed by atoms with Crippen LogP contribution in [0.4, 0.5) is 0 Å². The minimum absolute atomic E-state index is 0.707. The first-order valence-corrected chi connectivity index (χ1v) is 6.40. The second-order valence-electron chi connectivity index (χ2n) is 1.87. The molecule has 0 aliphatic carbocycles. The number of carbonyl (C=O) groups excluding carboxylic acids is 2. The maximum Gasteiger partial charge on any atom is 0.383 e. The van der Waals surface area contributed by atoms with Crippen LogP contribution >= 0.6 is 0 Å². The van der Waals surface area contributed by atoms with Gasteiger partial charge in [0.05, 0.1) is 13.4 Å². The third-order valence-electron chi connectivity index (χ3n) is 0.540. The molecule has 0 saturated heterocycles. The summed E-state index contributed by atoms with van der Waals surface area (Å²) in [5.74, 6) is 0. The molecule has 12 heteroatoms. The minimum Gasteiger partial charge on any atom is -0.290 e. The molecule has 0 aromatic heterocycles. The largest absolute Gasteiger partial charge is 0.383 e. The van der Waals surface area contributed by atoms with Crippen molar-refractivity contribution in [3.8, 4) is 0 Å². The minimum atomic E-state index is -4.28. The van der Waals surface area contributed by atoms with Crippen molar-refractivity contribution >= 4 is 32.4 Å². The number of isocyanates is 2. The Labute approximate surface area is 91.2 Å². The third-order valence-corrected chi connectivity index (χ3v) is 1.62. The van der Waals surface area contributed by atoms with Crippen molar-refractivity contribution in [3.63, 3.8) is 0 Å². The van der Waals surface area contributed by atoms with E-state index in [1.54, 1.807) is 4.89 Å². The molecule has 0 bridgehead atoms. The Morgan fingerprint density at radius 3 is 1.56 bits per heavy atom. The van der Waals surface area contributed by atoms with Gasteiger partial charge in [0.1, 0.15) is 0 Å². The zero-order chi connectivity index (χ0) is 13.2. The van der Waals surface area contributed by atoms with Crippen LogP contribution in [0.1, 0.15) is 0 Å². The van der Waals surface area contributed by atoms with Crippen LogP contribution in [-0.2, 0) is 34.7 Å². The molecule has 0 aliphatic heterocycles. The summed E-state index contributed by atoms with van der Waals surface area (Å²) in [6.45, 7) is 0. The van der Waals surface area contributed by atoms with Gasteiger partial charge in [-0.2, -0.15) is 8.42 Å². The lowest BCUT2D eigenvalue weighted by molar-refractivity contribution is 0.154. The lowest BCUT2D eigenvalue weighted by Crippen LogP contribution is -2.19. The van der Waals surface area contributed by atoms with Gasteiger partial charge in [-0.3, -0.25) is 4.84 Å². The molecular weight excluding hydrogens is 266 g/mol. The van der Waals surface area contributed by atoms with Crippen LogP contribution in [0.2, 0.25) is 0 Å². The first-order chi connectivity index (χ1) is 7.18. The van der Waals surface area contributed by atoms with Crippen molar-refractivity contribution in [1.29, 1.82) is 0 Å². The van der Waals surface area contributed by atoms with Crippen molar-refractivity contribution in [2.75, 3.05) is 13.4 Å². The van der Waals surface area contributed by atoms with Gasteiger partial charge < -0.3 is 0 Å². The molecule has 0 saturated carbocycles. The van der Waals surface area contributed by atoms with E-state index >= 15 is 0 Å². The van der Waals surface area contributed by atoms with E-state index in [4.69, 9.17) is 0 Å². The van der Waals surface area contributed by atoms with E-state index in [1.807, 2.05) is 0 Å². The highest BCUT2D eigenvalue weighted by molar-refractivity contribution is 7.89. The molecule has 0 fully saturated rings. The highest BCUT2D eigenvalue weighted by Gasteiger charge is 2.00. The number of sulfonamides is 1. The monoisotopic (exact) mass is 273 g/mol. The molecule has 0 unspecified atom stereocenters. The van der Waals surface area contributed by atoms with Crippen LogP contribution in [0.25, 0.3) is 0 Å². The zero-order valence-corrected chi connectivity index (χ0v) is 9.70. The van der Waals surface area contributed by atoms with Crippen molar-refractivity contribution in [1.82, 2.24) is 4.89 Å². The molecule has 0 aliphatic rings. The average Bonchev–Trinajstić information content (AvgIpc) is 2.01. The van der Waals surface area contributed by atoms with Crippen LogP contribution in [-0.4, -0.2) is 42.4 Å². The van der Waals surface area contributed by atoms with Crippen molar-refractivity contribution in [2.45, 2.75) is 0 Å². The summed E-state index contributed by atoms with van der Waals surface area (Å²) in [6.07, 6.45) is 2.42. The van der Waals surface area contributed by atoms with E-state index in [0.29, 0.717) is 12.2 Å². The number of nitrogens with one attached hydrogen (secondary N) is 1. The first kappa shape index (κ1) is 17.0. The molecule has 0 aromatic rings. The van der Waals surface area contributed by atoms with Crippen molar-refractivity contribution in [3.05, 3.63) is 0 Å². The SMILES string of the molecule is CONS(C)(=O)=O.O=C=NS(=O)(=O)N=C=O. The molecule has 0 amide bonds. The lowest BCUT2D eigenvalue weighted by Gasteiger charge is -1.92. The molecule has 16 heavy (non-hydrogen) atoms. The molecule has 1 N–H and O–H groups in total. The van der Waals surface area contributed by atoms with Gasteiger partial charge in [-0.05, 0) is 0 Å². The van der Waals surface area contributed by atoms with Gasteiger partial charge in [0.25, 0.3) is 12.2 Å². The molecule has 92 valence electrons. The highest BCUT2D eigenvalue weighted by atomic mass is 32.2. The molecule has 0 radical (unpaired) electrons. The van der Waals surface area contributed by atoms with Gasteiger partial charge in [0.15, 0.2) is 0 Å². The lowest BCUT2D eigenvalue weighted by atomic mass is 11.7. The van der Waals surface area contributed by atoms with E-state index in [-0.39, 0.29) is 0 Å². The molecule has 0 heterocycles. The van der Waals surface area contributed by atoms with Crippen molar-refractivity contribution < 1.29 is 31.3 Å². The van der Waals surface area contributed by atoms with E-state index in [9.17, 15) is 26.4 Å². The van der Waals surface area contributed by atoms with E-state index < -0.39 is 20.2 Å². The fraction of sp³-hybridized carbons (Fsp3) is 0.500. The van der Waals surface area contributed by atoms with E-state index in [2.05, 4.69) is 13.6 Å². The summed E-state index contributed by atoms with van der Waals surface area (Å²) >= 11 is 0. The number of hydrogen-bond acceptors (Lipinski definition) is 7. The van der Waals surface area contributed by atoms with Crippen molar-refractivity contribution in [2.24, 2.45) is 8.80 Å². The van der Waals surface area contributed by atoms with E-state index in [1.165, 1.54) is 7.11 Å². The Morgan fingerprint density at radius 2 is 1.44 bits per heavy atom. The third kappa shape index (κ3) is 15.1. The molecular formula is C4H7N3O7S2. The molecule has 0 aromatic carbocycles. The zero-order valence-electron chi connectivity index (χ0n) is 8.07. The highest BCUT2D eigenvalue weighted by Crippen LogP contribution is 1.87. The van der Waals surface area contributed by atoms with Gasteiger partial charge in [0, 0.05) is 0 Å². The number of nitrogens with zero attached hydrogens (tertiary/aromatic N) is 2. The van der Waals surface area contributed by atoms with Crippen LogP contribution in [0.3, 0.4) is 0 Å². The van der Waals surface area contributed by atoms with Crippen LogP contribution in [0.5, 0.6) is 0 Å². The van der Waals surface area contributed by atoms with Gasteiger partial charge >= 0.3 is 10.2 Å². The number of rotatable bonds is 4. The fourth-order valence-corrected chi connectivity index (χ4v) is 0.798. The standard InChI is InChI=1S/C2N2O4S.C2H7NO3S/c5-1-3-9(7,8)4-2-6;1-6-3-7(2,4)5/h;3H,1-2H3. The summed E-state index contributed by atoms with van der Waals surface area (Å²) < 4.78 is 44.3.